The van der Waals surface area contributed by atoms with E-state index in [-0.39, 0.29) is 16.7 Å². The minimum Gasteiger partial charge on any atom is -0.282 e. The van der Waals surface area contributed by atoms with Gasteiger partial charge >= 0.3 is 0 Å². The van der Waals surface area contributed by atoms with E-state index in [9.17, 15) is 13.0 Å². The SMILES string of the molecule is CCC(C)c1cc2ccccc2c(S(=O)(=O)O)c1C(C)CC. The van der Waals surface area contributed by atoms with Crippen LogP contribution < -0.4 is 0 Å². The molecule has 0 heterocycles. The Kier molecular flexibility index (Phi) is 4.93. The molecule has 0 radical (unpaired) electrons. The third-order valence-corrected chi connectivity index (χ3v) is 5.53. The van der Waals surface area contributed by atoms with Crippen LogP contribution in [0.4, 0.5) is 0 Å². The minimum absolute atomic E-state index is 0.0746. The number of fused-ring (bicyclic) bond motifs is 1. The Labute approximate surface area is 133 Å². The van der Waals surface area contributed by atoms with Crippen LogP contribution in [0.3, 0.4) is 0 Å². The fraction of sp³-hybridized carbons (Fsp3) is 0.444. The highest BCUT2D eigenvalue weighted by Crippen LogP contribution is 2.39. The Balaban J connectivity index is 3.01. The van der Waals surface area contributed by atoms with Crippen LogP contribution >= 0.6 is 0 Å². The van der Waals surface area contributed by atoms with Crippen molar-refractivity contribution < 1.29 is 13.0 Å². The first-order valence-corrected chi connectivity index (χ1v) is 9.28. The first kappa shape index (κ1) is 17.0. The van der Waals surface area contributed by atoms with E-state index >= 15 is 0 Å². The molecule has 3 nitrogen and oxygen atoms in total. The molecule has 0 bridgehead atoms. The quantitative estimate of drug-likeness (QED) is 0.778. The van der Waals surface area contributed by atoms with Crippen molar-refractivity contribution in [2.24, 2.45) is 0 Å². The summed E-state index contributed by atoms with van der Waals surface area (Å²) in [7, 11) is -4.28. The molecule has 2 unspecified atom stereocenters. The van der Waals surface area contributed by atoms with Crippen molar-refractivity contribution in [2.75, 3.05) is 0 Å². The van der Waals surface area contributed by atoms with Crippen LogP contribution in [0.5, 0.6) is 0 Å². The van der Waals surface area contributed by atoms with E-state index in [1.807, 2.05) is 26.0 Å². The van der Waals surface area contributed by atoms with Crippen molar-refractivity contribution >= 4 is 20.9 Å². The second kappa shape index (κ2) is 6.39. The molecule has 0 saturated heterocycles. The molecule has 0 aliphatic heterocycles. The topological polar surface area (TPSA) is 54.4 Å². The molecular weight excluding hydrogens is 296 g/mol. The lowest BCUT2D eigenvalue weighted by atomic mass is 9.84. The summed E-state index contributed by atoms with van der Waals surface area (Å²) in [5, 5.41) is 1.46. The Morgan fingerprint density at radius 1 is 1.05 bits per heavy atom. The van der Waals surface area contributed by atoms with Gasteiger partial charge in [0.25, 0.3) is 10.1 Å². The van der Waals surface area contributed by atoms with E-state index < -0.39 is 10.1 Å². The number of hydrogen-bond acceptors (Lipinski definition) is 2. The van der Waals surface area contributed by atoms with E-state index in [1.165, 1.54) is 0 Å². The van der Waals surface area contributed by atoms with Gasteiger partial charge in [-0.2, -0.15) is 8.42 Å². The fourth-order valence-corrected chi connectivity index (χ4v) is 4.03. The van der Waals surface area contributed by atoms with Crippen LogP contribution in [0, 0.1) is 0 Å². The van der Waals surface area contributed by atoms with Gasteiger partial charge in [-0.1, -0.05) is 58.0 Å². The zero-order valence-corrected chi connectivity index (χ0v) is 14.4. The second-order valence-electron chi connectivity index (χ2n) is 6.02. The summed E-state index contributed by atoms with van der Waals surface area (Å²) in [6.07, 6.45) is 1.75. The molecule has 1 N–H and O–H groups in total. The zero-order valence-electron chi connectivity index (χ0n) is 13.6. The summed E-state index contributed by atoms with van der Waals surface area (Å²) < 4.78 is 34.1. The molecule has 0 saturated carbocycles. The van der Waals surface area contributed by atoms with E-state index in [0.29, 0.717) is 5.39 Å². The lowest BCUT2D eigenvalue weighted by molar-refractivity contribution is 0.481. The summed E-state index contributed by atoms with van der Waals surface area (Å²) in [5.41, 5.74) is 1.81. The smallest absolute Gasteiger partial charge is 0.282 e. The van der Waals surface area contributed by atoms with Gasteiger partial charge in [0, 0.05) is 5.39 Å². The summed E-state index contributed by atoms with van der Waals surface area (Å²) >= 11 is 0. The first-order chi connectivity index (χ1) is 10.3. The van der Waals surface area contributed by atoms with Gasteiger partial charge in [0.05, 0.1) is 0 Å². The predicted molar refractivity (Wildman–Crippen MR) is 91.2 cm³/mol. The average molecular weight is 320 g/mol. The average Bonchev–Trinajstić information content (AvgIpc) is 2.50. The third-order valence-electron chi connectivity index (χ3n) is 4.58. The van der Waals surface area contributed by atoms with E-state index in [4.69, 9.17) is 0 Å². The maximum absolute atomic E-state index is 12.1. The highest BCUT2D eigenvalue weighted by atomic mass is 32.2. The van der Waals surface area contributed by atoms with Crippen LogP contribution in [-0.4, -0.2) is 13.0 Å². The maximum Gasteiger partial charge on any atom is 0.295 e. The second-order valence-corrected chi connectivity index (χ2v) is 7.38. The summed E-state index contributed by atoms with van der Waals surface area (Å²) in [4.78, 5) is 0.0928. The number of benzene rings is 2. The standard InChI is InChI=1S/C18H24O3S/c1-5-12(3)16-11-14-9-7-8-10-15(14)18(22(19,20)21)17(16)13(4)6-2/h7-13H,5-6H2,1-4H3,(H,19,20,21). The highest BCUT2D eigenvalue weighted by Gasteiger charge is 2.26. The molecular formula is C18H24O3S. The minimum atomic E-state index is -4.28. The first-order valence-electron chi connectivity index (χ1n) is 7.84. The van der Waals surface area contributed by atoms with Crippen LogP contribution in [0.1, 0.15) is 63.5 Å². The zero-order chi connectivity index (χ0) is 16.5. The van der Waals surface area contributed by atoms with E-state index in [1.54, 1.807) is 12.1 Å². The Bertz CT molecular complexity index is 778. The largest absolute Gasteiger partial charge is 0.295 e. The van der Waals surface area contributed by atoms with E-state index in [0.717, 1.165) is 29.4 Å². The van der Waals surface area contributed by atoms with Gasteiger partial charge in [0.2, 0.25) is 0 Å². The molecule has 0 amide bonds. The normalized spacial score (nSPS) is 15.0. The van der Waals surface area contributed by atoms with Crippen molar-refractivity contribution in [3.05, 3.63) is 41.5 Å². The monoisotopic (exact) mass is 320 g/mol. The third kappa shape index (κ3) is 3.03. The molecule has 120 valence electrons. The maximum atomic E-state index is 12.1. The van der Waals surface area contributed by atoms with Gasteiger partial charge in [0.15, 0.2) is 0 Å². The Morgan fingerprint density at radius 2 is 1.64 bits per heavy atom. The van der Waals surface area contributed by atoms with Crippen LogP contribution in [0.25, 0.3) is 10.8 Å². The lowest BCUT2D eigenvalue weighted by Crippen LogP contribution is -2.11. The molecule has 0 fully saturated rings. The Hall–Kier alpha value is -1.39. The molecule has 0 spiro atoms. The van der Waals surface area contributed by atoms with Gasteiger partial charge in [-0.25, -0.2) is 0 Å². The summed E-state index contributed by atoms with van der Waals surface area (Å²) in [6.45, 7) is 8.25. The van der Waals surface area contributed by atoms with Gasteiger partial charge < -0.3 is 0 Å². The van der Waals surface area contributed by atoms with Gasteiger partial charge in [0.1, 0.15) is 4.90 Å². The summed E-state index contributed by atoms with van der Waals surface area (Å²) in [5.74, 6) is 0.319. The molecule has 0 aliphatic rings. The fourth-order valence-electron chi connectivity index (χ4n) is 2.97. The molecule has 4 heteroatoms. The molecule has 0 aromatic heterocycles. The van der Waals surface area contributed by atoms with Gasteiger partial charge in [-0.15, -0.1) is 0 Å². The molecule has 2 aromatic carbocycles. The predicted octanol–water partition coefficient (Wildman–Crippen LogP) is 5.11. The van der Waals surface area contributed by atoms with Crippen LogP contribution in [0.15, 0.2) is 35.2 Å². The Morgan fingerprint density at radius 3 is 2.18 bits per heavy atom. The number of rotatable bonds is 5. The van der Waals surface area contributed by atoms with E-state index in [2.05, 4.69) is 19.9 Å². The van der Waals surface area contributed by atoms with Crippen molar-refractivity contribution in [1.82, 2.24) is 0 Å². The van der Waals surface area contributed by atoms with Gasteiger partial charge in [-0.3, -0.25) is 4.55 Å². The molecule has 0 aliphatic carbocycles. The van der Waals surface area contributed by atoms with Crippen LogP contribution in [0.2, 0.25) is 0 Å². The molecule has 22 heavy (non-hydrogen) atoms. The van der Waals surface area contributed by atoms with Crippen molar-refractivity contribution in [1.29, 1.82) is 0 Å². The van der Waals surface area contributed by atoms with Crippen molar-refractivity contribution in [3.8, 4) is 0 Å². The lowest BCUT2D eigenvalue weighted by Gasteiger charge is -2.23. The van der Waals surface area contributed by atoms with Crippen LogP contribution in [-0.2, 0) is 10.1 Å². The van der Waals surface area contributed by atoms with Crippen molar-refractivity contribution in [3.63, 3.8) is 0 Å². The molecule has 2 rings (SSSR count). The molecule has 2 atom stereocenters. The summed E-state index contributed by atoms with van der Waals surface area (Å²) in [6, 6.07) is 9.44. The number of hydrogen-bond donors (Lipinski definition) is 1. The van der Waals surface area contributed by atoms with Crippen molar-refractivity contribution in [2.45, 2.75) is 57.3 Å². The van der Waals surface area contributed by atoms with Gasteiger partial charge in [-0.05, 0) is 41.2 Å². The highest BCUT2D eigenvalue weighted by molar-refractivity contribution is 7.86. The molecule has 2 aromatic rings.